The molecule has 0 aliphatic rings. The molecule has 0 saturated carbocycles. The first-order chi connectivity index (χ1) is 18.8. The van der Waals surface area contributed by atoms with Gasteiger partial charge in [0, 0.05) is 32.5 Å². The number of benzene rings is 3. The fourth-order valence-electron chi connectivity index (χ4n) is 4.34. The first-order valence-electron chi connectivity index (χ1n) is 13.6. The van der Waals surface area contributed by atoms with E-state index in [9.17, 15) is 18.0 Å². The van der Waals surface area contributed by atoms with Crippen molar-refractivity contribution in [2.24, 2.45) is 0 Å². The molecule has 0 fully saturated rings. The molecule has 39 heavy (non-hydrogen) atoms. The van der Waals surface area contributed by atoms with E-state index in [0.717, 1.165) is 29.5 Å². The lowest BCUT2D eigenvalue weighted by Crippen LogP contribution is -2.50. The number of amides is 2. The predicted molar refractivity (Wildman–Crippen MR) is 154 cm³/mol. The molecule has 0 saturated heterocycles. The van der Waals surface area contributed by atoms with E-state index in [0.29, 0.717) is 32.5 Å². The van der Waals surface area contributed by atoms with Crippen molar-refractivity contribution in [3.05, 3.63) is 102 Å². The quantitative estimate of drug-likeness (QED) is 0.274. The lowest BCUT2D eigenvalue weighted by molar-refractivity contribution is -0.141. The summed E-state index contributed by atoms with van der Waals surface area (Å²) in [5, 5.41) is 3.03. The van der Waals surface area contributed by atoms with Gasteiger partial charge < -0.3 is 10.2 Å². The summed E-state index contributed by atoms with van der Waals surface area (Å²) in [7, 11) is -3.54. The molecule has 7 nitrogen and oxygen atoms in total. The van der Waals surface area contributed by atoms with Gasteiger partial charge in [-0.2, -0.15) is 0 Å². The molecule has 0 bridgehead atoms. The third-order valence-electron chi connectivity index (χ3n) is 6.49. The molecule has 208 valence electrons. The maximum atomic E-state index is 13.7. The van der Waals surface area contributed by atoms with Crippen molar-refractivity contribution in [3.63, 3.8) is 0 Å². The van der Waals surface area contributed by atoms with Crippen LogP contribution in [0.1, 0.15) is 49.8 Å². The first-order valence-corrected chi connectivity index (χ1v) is 15.1. The summed E-state index contributed by atoms with van der Waals surface area (Å²) < 4.78 is 27.0. The van der Waals surface area contributed by atoms with Gasteiger partial charge in [-0.3, -0.25) is 9.59 Å². The van der Waals surface area contributed by atoms with Crippen LogP contribution in [0.15, 0.2) is 89.8 Å². The second-order valence-corrected chi connectivity index (χ2v) is 11.3. The highest BCUT2D eigenvalue weighted by Gasteiger charge is 2.30. The molecule has 1 atom stereocenters. The summed E-state index contributed by atoms with van der Waals surface area (Å²) in [5.41, 5.74) is 2.78. The number of carbonyl (C=O) groups excluding carboxylic acids is 2. The minimum Gasteiger partial charge on any atom is -0.354 e. The molecule has 0 aliphatic carbocycles. The van der Waals surface area contributed by atoms with Crippen LogP contribution >= 0.6 is 0 Å². The van der Waals surface area contributed by atoms with Gasteiger partial charge in [0.2, 0.25) is 21.8 Å². The van der Waals surface area contributed by atoms with E-state index in [1.54, 1.807) is 36.1 Å². The number of nitrogens with one attached hydrogen (secondary N) is 2. The first kappa shape index (κ1) is 30.1. The number of sulfonamides is 1. The molecule has 3 aromatic rings. The summed E-state index contributed by atoms with van der Waals surface area (Å²) in [6, 6.07) is 25.4. The van der Waals surface area contributed by atoms with E-state index in [4.69, 9.17) is 0 Å². The van der Waals surface area contributed by atoms with Gasteiger partial charge in [0.15, 0.2) is 0 Å². The highest BCUT2D eigenvalue weighted by atomic mass is 32.2. The Morgan fingerprint density at radius 1 is 0.821 bits per heavy atom. The molecule has 0 unspecified atom stereocenters. The van der Waals surface area contributed by atoms with Crippen LogP contribution < -0.4 is 10.0 Å². The van der Waals surface area contributed by atoms with Gasteiger partial charge in [-0.15, -0.1) is 0 Å². The van der Waals surface area contributed by atoms with Crippen LogP contribution in [0, 0.1) is 0 Å². The zero-order valence-electron chi connectivity index (χ0n) is 22.8. The van der Waals surface area contributed by atoms with Gasteiger partial charge in [-0.05, 0) is 41.7 Å². The van der Waals surface area contributed by atoms with Crippen molar-refractivity contribution in [1.29, 1.82) is 0 Å². The van der Waals surface area contributed by atoms with Crippen molar-refractivity contribution in [2.75, 3.05) is 13.1 Å². The minimum absolute atomic E-state index is 0.130. The number of unbranched alkanes of at least 4 members (excludes halogenated alkanes) is 1. The van der Waals surface area contributed by atoms with Crippen LogP contribution in [0.25, 0.3) is 0 Å². The summed E-state index contributed by atoms with van der Waals surface area (Å²) in [5.74, 6) is -0.288. The van der Waals surface area contributed by atoms with Crippen molar-refractivity contribution in [2.45, 2.75) is 63.4 Å². The normalized spacial score (nSPS) is 12.1. The smallest absolute Gasteiger partial charge is 0.243 e. The van der Waals surface area contributed by atoms with E-state index in [2.05, 4.69) is 17.0 Å². The maximum absolute atomic E-state index is 13.7. The zero-order chi connectivity index (χ0) is 28.1. The largest absolute Gasteiger partial charge is 0.354 e. The summed E-state index contributed by atoms with van der Waals surface area (Å²) in [4.78, 5) is 29.1. The SMILES string of the molecule is CCCCNC(=O)[C@@H](Cc1ccccc1)N(Cc1ccccc1)C(=O)CCc1ccc(S(=O)(=O)NCC)cc1. The summed E-state index contributed by atoms with van der Waals surface area (Å²) in [6.07, 6.45) is 2.87. The number of rotatable bonds is 15. The van der Waals surface area contributed by atoms with Crippen molar-refractivity contribution >= 4 is 21.8 Å². The lowest BCUT2D eigenvalue weighted by atomic mass is 10.0. The van der Waals surface area contributed by atoms with Gasteiger partial charge in [0.05, 0.1) is 4.90 Å². The number of hydrogen-bond acceptors (Lipinski definition) is 4. The molecule has 0 aliphatic heterocycles. The highest BCUT2D eigenvalue weighted by molar-refractivity contribution is 7.89. The van der Waals surface area contributed by atoms with Crippen molar-refractivity contribution in [1.82, 2.24) is 14.9 Å². The Morgan fingerprint density at radius 2 is 1.44 bits per heavy atom. The predicted octanol–water partition coefficient (Wildman–Crippen LogP) is 4.47. The fraction of sp³-hybridized carbons (Fsp3) is 0.355. The Hall–Kier alpha value is -3.49. The highest BCUT2D eigenvalue weighted by Crippen LogP contribution is 2.18. The van der Waals surface area contributed by atoms with E-state index < -0.39 is 16.1 Å². The Morgan fingerprint density at radius 3 is 2.03 bits per heavy atom. The lowest BCUT2D eigenvalue weighted by Gasteiger charge is -2.31. The van der Waals surface area contributed by atoms with E-state index in [-0.39, 0.29) is 23.1 Å². The van der Waals surface area contributed by atoms with E-state index in [1.807, 2.05) is 60.7 Å². The molecule has 0 heterocycles. The van der Waals surface area contributed by atoms with Crippen LogP contribution in [0.5, 0.6) is 0 Å². The summed E-state index contributed by atoms with van der Waals surface area (Å²) in [6.45, 7) is 5.00. The Labute approximate surface area is 232 Å². The van der Waals surface area contributed by atoms with Crippen molar-refractivity contribution < 1.29 is 18.0 Å². The van der Waals surface area contributed by atoms with Crippen LogP contribution in [0.4, 0.5) is 0 Å². The van der Waals surface area contributed by atoms with Gasteiger partial charge in [0.1, 0.15) is 6.04 Å². The van der Waals surface area contributed by atoms with Crippen LogP contribution in [0.2, 0.25) is 0 Å². The molecular weight excluding hydrogens is 510 g/mol. The molecule has 0 spiro atoms. The van der Waals surface area contributed by atoms with Crippen LogP contribution in [0.3, 0.4) is 0 Å². The van der Waals surface area contributed by atoms with Gasteiger partial charge >= 0.3 is 0 Å². The van der Waals surface area contributed by atoms with Gasteiger partial charge in [-0.25, -0.2) is 13.1 Å². The molecule has 3 aromatic carbocycles. The minimum atomic E-state index is -3.54. The Kier molecular flexibility index (Phi) is 11.7. The summed E-state index contributed by atoms with van der Waals surface area (Å²) >= 11 is 0. The average Bonchev–Trinajstić information content (AvgIpc) is 2.95. The third-order valence-corrected chi connectivity index (χ3v) is 8.05. The monoisotopic (exact) mass is 549 g/mol. The fourth-order valence-corrected chi connectivity index (χ4v) is 5.38. The van der Waals surface area contributed by atoms with Crippen molar-refractivity contribution in [3.8, 4) is 0 Å². The van der Waals surface area contributed by atoms with Gasteiger partial charge in [-0.1, -0.05) is 93.1 Å². The average molecular weight is 550 g/mol. The maximum Gasteiger partial charge on any atom is 0.243 e. The Bertz CT molecular complexity index is 1280. The topological polar surface area (TPSA) is 95.6 Å². The molecular formula is C31H39N3O4S. The Balaban J connectivity index is 1.83. The van der Waals surface area contributed by atoms with Crippen LogP contribution in [-0.2, 0) is 39.0 Å². The molecule has 2 N–H and O–H groups in total. The number of hydrogen-bond donors (Lipinski definition) is 2. The third kappa shape index (κ3) is 9.33. The second-order valence-electron chi connectivity index (χ2n) is 9.50. The molecule has 2 amide bonds. The standard InChI is InChI=1S/C31H39N3O4S/c1-3-5-22-32-31(36)29(23-26-12-8-6-9-13-26)34(24-27-14-10-7-11-15-27)30(35)21-18-25-16-19-28(20-17-25)39(37,38)33-4-2/h6-17,19-20,29,33H,3-5,18,21-24H2,1-2H3,(H,32,36)/t29-/m1/s1. The number of aryl methyl sites for hydroxylation is 1. The number of nitrogens with zero attached hydrogens (tertiary/aromatic N) is 1. The molecule has 8 heteroatoms. The van der Waals surface area contributed by atoms with E-state index in [1.165, 1.54) is 0 Å². The molecule has 3 rings (SSSR count). The van der Waals surface area contributed by atoms with Crippen LogP contribution in [-0.4, -0.2) is 44.3 Å². The van der Waals surface area contributed by atoms with E-state index >= 15 is 0 Å². The second kappa shape index (κ2) is 15.2. The zero-order valence-corrected chi connectivity index (χ0v) is 23.6. The van der Waals surface area contributed by atoms with Gasteiger partial charge in [0.25, 0.3) is 0 Å². The molecule has 0 radical (unpaired) electrons. The molecule has 0 aromatic heterocycles. The number of carbonyl (C=O) groups is 2.